The summed E-state index contributed by atoms with van der Waals surface area (Å²) >= 11 is 0. The van der Waals surface area contributed by atoms with Crippen molar-refractivity contribution in [3.05, 3.63) is 0 Å². The Labute approximate surface area is 126 Å². The molecule has 0 amide bonds. The summed E-state index contributed by atoms with van der Waals surface area (Å²) in [6.07, 6.45) is 13.5. The van der Waals surface area contributed by atoms with Crippen LogP contribution >= 0.6 is 0 Å². The van der Waals surface area contributed by atoms with Crippen LogP contribution in [-0.2, 0) is 0 Å². The zero-order valence-corrected chi connectivity index (χ0v) is 13.8. The number of hydrogen-bond donors (Lipinski definition) is 2. The van der Waals surface area contributed by atoms with Gasteiger partial charge in [-0.05, 0) is 19.9 Å². The van der Waals surface area contributed by atoms with Gasteiger partial charge in [0.25, 0.3) is 0 Å². The molecule has 0 aliphatic rings. The number of rotatable bonds is 15. The van der Waals surface area contributed by atoms with Crippen LogP contribution in [0.25, 0.3) is 0 Å². The second-order valence-corrected chi connectivity index (χ2v) is 5.97. The largest absolute Gasteiger partial charge is 0.395 e. The number of aliphatic hydroxyl groups excluding tert-OH is 2. The molecule has 0 spiro atoms. The molecular formula is C17H37NO2. The van der Waals surface area contributed by atoms with Crippen LogP contribution in [0, 0.1) is 0 Å². The monoisotopic (exact) mass is 287 g/mol. The summed E-state index contributed by atoms with van der Waals surface area (Å²) in [5.41, 5.74) is 0. The zero-order valence-electron chi connectivity index (χ0n) is 13.8. The Hall–Kier alpha value is -0.120. The summed E-state index contributed by atoms with van der Waals surface area (Å²) in [7, 11) is 0. The maximum Gasteiger partial charge on any atom is 0.0584 e. The van der Waals surface area contributed by atoms with E-state index in [0.29, 0.717) is 6.54 Å². The van der Waals surface area contributed by atoms with Gasteiger partial charge in [0, 0.05) is 12.6 Å². The highest BCUT2D eigenvalue weighted by atomic mass is 16.3. The molecule has 0 aromatic carbocycles. The van der Waals surface area contributed by atoms with Crippen molar-refractivity contribution in [3.63, 3.8) is 0 Å². The molecule has 20 heavy (non-hydrogen) atoms. The average molecular weight is 287 g/mol. The molecule has 3 heteroatoms. The van der Waals surface area contributed by atoms with Crippen LogP contribution < -0.4 is 0 Å². The normalized spacial score (nSPS) is 13.1. The molecule has 0 radical (unpaired) electrons. The van der Waals surface area contributed by atoms with Crippen molar-refractivity contribution >= 4 is 0 Å². The summed E-state index contributed by atoms with van der Waals surface area (Å²) in [6.45, 7) is 6.32. The maximum atomic E-state index is 9.17. The van der Waals surface area contributed by atoms with Gasteiger partial charge < -0.3 is 10.2 Å². The van der Waals surface area contributed by atoms with Crippen LogP contribution in [0.15, 0.2) is 0 Å². The fourth-order valence-electron chi connectivity index (χ4n) is 2.60. The minimum Gasteiger partial charge on any atom is -0.395 e. The quantitative estimate of drug-likeness (QED) is 0.452. The standard InChI is InChI=1S/C17H37NO2/c1-3-4-5-6-7-8-9-10-11-12-13-18(14-15-19)17(2)16-20/h17,19-20H,3-16H2,1-2H3. The molecule has 2 N–H and O–H groups in total. The van der Waals surface area contributed by atoms with Crippen LogP contribution in [-0.4, -0.2) is 47.5 Å². The number of hydrogen-bond acceptors (Lipinski definition) is 3. The Morgan fingerprint density at radius 2 is 1.25 bits per heavy atom. The van der Waals surface area contributed by atoms with E-state index in [9.17, 15) is 0 Å². The fourth-order valence-corrected chi connectivity index (χ4v) is 2.60. The Kier molecular flexibility index (Phi) is 15.2. The van der Waals surface area contributed by atoms with E-state index in [-0.39, 0.29) is 19.3 Å². The number of unbranched alkanes of at least 4 members (excludes halogenated alkanes) is 9. The first kappa shape index (κ1) is 19.9. The third-order valence-corrected chi connectivity index (χ3v) is 4.07. The molecule has 0 aromatic rings. The zero-order chi connectivity index (χ0) is 15.1. The molecule has 0 bridgehead atoms. The van der Waals surface area contributed by atoms with E-state index < -0.39 is 0 Å². The number of nitrogens with zero attached hydrogens (tertiary/aromatic N) is 1. The summed E-state index contributed by atoms with van der Waals surface area (Å²) in [4.78, 5) is 2.19. The van der Waals surface area contributed by atoms with Gasteiger partial charge in [-0.3, -0.25) is 4.90 Å². The third kappa shape index (κ3) is 11.7. The SMILES string of the molecule is CCCCCCCCCCCCN(CCO)C(C)CO. The van der Waals surface area contributed by atoms with Gasteiger partial charge in [-0.15, -0.1) is 0 Å². The molecule has 0 aliphatic carbocycles. The first-order valence-corrected chi connectivity index (χ1v) is 8.72. The van der Waals surface area contributed by atoms with Crippen LogP contribution in [0.3, 0.4) is 0 Å². The van der Waals surface area contributed by atoms with E-state index in [0.717, 1.165) is 6.54 Å². The Bertz CT molecular complexity index is 188. The minimum absolute atomic E-state index is 0.167. The van der Waals surface area contributed by atoms with E-state index in [1.807, 2.05) is 6.92 Å². The first-order valence-electron chi connectivity index (χ1n) is 8.72. The Morgan fingerprint density at radius 1 is 0.750 bits per heavy atom. The lowest BCUT2D eigenvalue weighted by Gasteiger charge is -2.26. The van der Waals surface area contributed by atoms with E-state index in [1.54, 1.807) is 0 Å². The van der Waals surface area contributed by atoms with Crippen LogP contribution in [0.2, 0.25) is 0 Å². The van der Waals surface area contributed by atoms with E-state index in [2.05, 4.69) is 11.8 Å². The summed E-state index contributed by atoms with van der Waals surface area (Å²) in [5.74, 6) is 0. The van der Waals surface area contributed by atoms with Crippen molar-refractivity contribution in [1.29, 1.82) is 0 Å². The Morgan fingerprint density at radius 3 is 1.70 bits per heavy atom. The second kappa shape index (κ2) is 15.3. The average Bonchev–Trinajstić information content (AvgIpc) is 2.47. The molecule has 0 saturated carbocycles. The highest BCUT2D eigenvalue weighted by Gasteiger charge is 2.11. The van der Waals surface area contributed by atoms with Gasteiger partial charge in [0.15, 0.2) is 0 Å². The van der Waals surface area contributed by atoms with Crippen LogP contribution in [0.5, 0.6) is 0 Å². The van der Waals surface area contributed by atoms with Crippen molar-refractivity contribution in [2.24, 2.45) is 0 Å². The van der Waals surface area contributed by atoms with Crippen molar-refractivity contribution in [2.45, 2.75) is 84.1 Å². The van der Waals surface area contributed by atoms with Gasteiger partial charge in [0.1, 0.15) is 0 Å². The maximum absolute atomic E-state index is 9.17. The van der Waals surface area contributed by atoms with E-state index in [4.69, 9.17) is 10.2 Å². The minimum atomic E-state index is 0.167. The van der Waals surface area contributed by atoms with Crippen molar-refractivity contribution in [2.75, 3.05) is 26.3 Å². The molecular weight excluding hydrogens is 250 g/mol. The van der Waals surface area contributed by atoms with Crippen molar-refractivity contribution < 1.29 is 10.2 Å². The molecule has 0 aromatic heterocycles. The van der Waals surface area contributed by atoms with Gasteiger partial charge in [-0.1, -0.05) is 64.7 Å². The lowest BCUT2D eigenvalue weighted by Crippen LogP contribution is -2.38. The lowest BCUT2D eigenvalue weighted by molar-refractivity contribution is 0.109. The molecule has 0 fully saturated rings. The molecule has 3 nitrogen and oxygen atoms in total. The van der Waals surface area contributed by atoms with Crippen LogP contribution in [0.4, 0.5) is 0 Å². The second-order valence-electron chi connectivity index (χ2n) is 5.97. The van der Waals surface area contributed by atoms with Gasteiger partial charge in [0.05, 0.1) is 13.2 Å². The summed E-state index contributed by atoms with van der Waals surface area (Å²) in [5, 5.41) is 18.2. The predicted octanol–water partition coefficient (Wildman–Crippen LogP) is 3.58. The van der Waals surface area contributed by atoms with Gasteiger partial charge in [-0.2, -0.15) is 0 Å². The predicted molar refractivity (Wildman–Crippen MR) is 87.1 cm³/mol. The summed E-state index contributed by atoms with van der Waals surface area (Å²) < 4.78 is 0. The smallest absolute Gasteiger partial charge is 0.0584 e. The summed E-state index contributed by atoms with van der Waals surface area (Å²) in [6, 6.07) is 0.167. The van der Waals surface area contributed by atoms with E-state index >= 15 is 0 Å². The fraction of sp³-hybridized carbons (Fsp3) is 1.00. The Balaban J connectivity index is 3.36. The van der Waals surface area contributed by atoms with Gasteiger partial charge >= 0.3 is 0 Å². The van der Waals surface area contributed by atoms with Crippen molar-refractivity contribution in [1.82, 2.24) is 4.90 Å². The topological polar surface area (TPSA) is 43.7 Å². The molecule has 0 saturated heterocycles. The lowest BCUT2D eigenvalue weighted by atomic mass is 10.1. The first-order chi connectivity index (χ1) is 9.76. The molecule has 0 aliphatic heterocycles. The highest BCUT2D eigenvalue weighted by molar-refractivity contribution is 4.65. The molecule has 122 valence electrons. The highest BCUT2D eigenvalue weighted by Crippen LogP contribution is 2.11. The van der Waals surface area contributed by atoms with E-state index in [1.165, 1.54) is 64.2 Å². The number of aliphatic hydroxyl groups is 2. The third-order valence-electron chi connectivity index (χ3n) is 4.07. The van der Waals surface area contributed by atoms with Crippen molar-refractivity contribution in [3.8, 4) is 0 Å². The molecule has 0 heterocycles. The molecule has 1 atom stereocenters. The van der Waals surface area contributed by atoms with Gasteiger partial charge in [-0.25, -0.2) is 0 Å². The molecule has 1 unspecified atom stereocenters. The van der Waals surface area contributed by atoms with Gasteiger partial charge in [0.2, 0.25) is 0 Å². The molecule has 0 rings (SSSR count). The van der Waals surface area contributed by atoms with Crippen LogP contribution in [0.1, 0.15) is 78.1 Å².